The van der Waals surface area contributed by atoms with Gasteiger partial charge in [-0.3, -0.25) is 0 Å². The van der Waals surface area contributed by atoms with Gasteiger partial charge in [-0.25, -0.2) is 0 Å². The lowest BCUT2D eigenvalue weighted by atomic mass is 9.97. The SMILES string of the molecule is NC(=NO)c1ccc(Cl)cc1N1C2CCC1CC(O)C2. The average molecular weight is 296 g/mol. The Hall–Kier alpha value is -1.46. The van der Waals surface area contributed by atoms with Crippen LogP contribution in [0.5, 0.6) is 0 Å². The molecule has 2 atom stereocenters. The number of anilines is 1. The van der Waals surface area contributed by atoms with E-state index >= 15 is 0 Å². The van der Waals surface area contributed by atoms with Crippen molar-refractivity contribution in [2.24, 2.45) is 10.9 Å². The number of hydrogen-bond acceptors (Lipinski definition) is 4. The number of rotatable bonds is 2. The van der Waals surface area contributed by atoms with Crippen LogP contribution in [0.1, 0.15) is 31.2 Å². The molecule has 2 unspecified atom stereocenters. The van der Waals surface area contributed by atoms with Gasteiger partial charge in [0.25, 0.3) is 0 Å². The van der Waals surface area contributed by atoms with Gasteiger partial charge in [-0.1, -0.05) is 16.8 Å². The molecule has 0 aromatic heterocycles. The van der Waals surface area contributed by atoms with Crippen molar-refractivity contribution in [2.75, 3.05) is 4.90 Å². The van der Waals surface area contributed by atoms with Crippen molar-refractivity contribution in [2.45, 2.75) is 43.9 Å². The summed E-state index contributed by atoms with van der Waals surface area (Å²) in [6, 6.07) is 5.97. The highest BCUT2D eigenvalue weighted by atomic mass is 35.5. The van der Waals surface area contributed by atoms with Gasteiger partial charge < -0.3 is 20.9 Å². The summed E-state index contributed by atoms with van der Waals surface area (Å²) in [6.07, 6.45) is 3.42. The Kier molecular flexibility index (Phi) is 3.48. The lowest BCUT2D eigenvalue weighted by molar-refractivity contribution is 0.126. The molecule has 2 saturated heterocycles. The van der Waals surface area contributed by atoms with Crippen molar-refractivity contribution in [1.82, 2.24) is 0 Å². The van der Waals surface area contributed by atoms with Crippen molar-refractivity contribution >= 4 is 23.1 Å². The monoisotopic (exact) mass is 295 g/mol. The maximum atomic E-state index is 9.89. The normalized spacial score (nSPS) is 29.8. The van der Waals surface area contributed by atoms with Gasteiger partial charge in [-0.15, -0.1) is 0 Å². The molecule has 0 aliphatic carbocycles. The Balaban J connectivity index is 2.04. The van der Waals surface area contributed by atoms with E-state index in [0.717, 1.165) is 31.4 Å². The Labute approximate surface area is 122 Å². The number of amidine groups is 1. The van der Waals surface area contributed by atoms with Gasteiger partial charge in [0.05, 0.1) is 6.10 Å². The zero-order valence-electron chi connectivity index (χ0n) is 11.0. The summed E-state index contributed by atoms with van der Waals surface area (Å²) in [4.78, 5) is 2.28. The van der Waals surface area contributed by atoms with Gasteiger partial charge in [0.2, 0.25) is 0 Å². The summed E-state index contributed by atoms with van der Waals surface area (Å²) in [5, 5.41) is 22.6. The second kappa shape index (κ2) is 5.14. The van der Waals surface area contributed by atoms with E-state index in [1.807, 2.05) is 6.07 Å². The molecule has 1 aromatic rings. The van der Waals surface area contributed by atoms with E-state index in [2.05, 4.69) is 10.1 Å². The van der Waals surface area contributed by atoms with Gasteiger partial charge in [-0.05, 0) is 43.9 Å². The quantitative estimate of drug-likeness (QED) is 0.337. The van der Waals surface area contributed by atoms with Gasteiger partial charge in [-0.2, -0.15) is 0 Å². The van der Waals surface area contributed by atoms with E-state index in [1.165, 1.54) is 0 Å². The van der Waals surface area contributed by atoms with Gasteiger partial charge >= 0.3 is 0 Å². The Morgan fingerprint density at radius 3 is 2.55 bits per heavy atom. The molecule has 2 fully saturated rings. The third-order valence-corrected chi connectivity index (χ3v) is 4.56. The molecule has 2 heterocycles. The van der Waals surface area contributed by atoms with Crippen LogP contribution in [-0.4, -0.2) is 34.3 Å². The molecule has 2 aliphatic rings. The summed E-state index contributed by atoms with van der Waals surface area (Å²) in [7, 11) is 0. The van der Waals surface area contributed by atoms with Crippen LogP contribution in [0.15, 0.2) is 23.4 Å². The number of oxime groups is 1. The maximum absolute atomic E-state index is 9.89. The highest BCUT2D eigenvalue weighted by Gasteiger charge is 2.41. The van der Waals surface area contributed by atoms with Gasteiger partial charge in [0.1, 0.15) is 0 Å². The highest BCUT2D eigenvalue weighted by molar-refractivity contribution is 6.31. The number of benzene rings is 1. The molecule has 20 heavy (non-hydrogen) atoms. The molecule has 0 radical (unpaired) electrons. The fourth-order valence-corrected chi connectivity index (χ4v) is 3.70. The number of hydrogen-bond donors (Lipinski definition) is 3. The number of halogens is 1. The van der Waals surface area contributed by atoms with Crippen molar-refractivity contribution in [3.63, 3.8) is 0 Å². The van der Waals surface area contributed by atoms with E-state index in [1.54, 1.807) is 12.1 Å². The van der Waals surface area contributed by atoms with Crippen LogP contribution in [-0.2, 0) is 0 Å². The molecule has 0 spiro atoms. The number of fused-ring (bicyclic) bond motifs is 2. The van der Waals surface area contributed by atoms with Crippen LogP contribution < -0.4 is 10.6 Å². The van der Waals surface area contributed by atoms with Gasteiger partial charge in [0, 0.05) is 28.4 Å². The standard InChI is InChI=1S/C14H18ClN3O2/c15-8-1-4-12(14(16)17-20)13(5-8)18-9-2-3-10(18)7-11(19)6-9/h1,4-5,9-11,19-20H,2-3,6-7H2,(H2,16,17). The minimum atomic E-state index is -0.227. The topological polar surface area (TPSA) is 82.1 Å². The lowest BCUT2D eigenvalue weighted by Crippen LogP contribution is -2.45. The first-order valence-corrected chi connectivity index (χ1v) is 7.21. The fraction of sp³-hybridized carbons (Fsp3) is 0.500. The summed E-state index contributed by atoms with van der Waals surface area (Å²) >= 11 is 6.11. The molecule has 4 N–H and O–H groups in total. The van der Waals surface area contributed by atoms with E-state index < -0.39 is 0 Å². The number of nitrogens with two attached hydrogens (primary N) is 1. The zero-order valence-corrected chi connectivity index (χ0v) is 11.8. The van der Waals surface area contributed by atoms with Crippen molar-refractivity contribution in [3.05, 3.63) is 28.8 Å². The minimum Gasteiger partial charge on any atom is -0.409 e. The number of aliphatic hydroxyl groups is 1. The first-order valence-electron chi connectivity index (χ1n) is 6.84. The van der Waals surface area contributed by atoms with Crippen LogP contribution in [0.2, 0.25) is 5.02 Å². The molecule has 1 aromatic carbocycles. The molecule has 2 aliphatic heterocycles. The van der Waals surface area contributed by atoms with Crippen LogP contribution >= 0.6 is 11.6 Å². The average Bonchev–Trinajstić information content (AvgIpc) is 2.70. The number of nitrogens with zero attached hydrogens (tertiary/aromatic N) is 2. The lowest BCUT2D eigenvalue weighted by Gasteiger charge is -2.40. The molecule has 2 bridgehead atoms. The molecule has 0 amide bonds. The molecule has 108 valence electrons. The number of piperidine rings is 1. The zero-order chi connectivity index (χ0) is 14.3. The smallest absolute Gasteiger partial charge is 0.172 e. The Morgan fingerprint density at radius 2 is 1.95 bits per heavy atom. The molecular formula is C14H18ClN3O2. The molecule has 0 saturated carbocycles. The predicted octanol–water partition coefficient (Wildman–Crippen LogP) is 1.93. The van der Waals surface area contributed by atoms with Crippen LogP contribution in [0.25, 0.3) is 0 Å². The van der Waals surface area contributed by atoms with Crippen LogP contribution in [0, 0.1) is 0 Å². The largest absolute Gasteiger partial charge is 0.409 e. The predicted molar refractivity (Wildman–Crippen MR) is 78.5 cm³/mol. The molecule has 6 heteroatoms. The van der Waals surface area contributed by atoms with Crippen molar-refractivity contribution in [3.8, 4) is 0 Å². The number of aliphatic hydroxyl groups excluding tert-OH is 1. The van der Waals surface area contributed by atoms with Crippen molar-refractivity contribution in [1.29, 1.82) is 0 Å². The second-order valence-electron chi connectivity index (χ2n) is 5.56. The molecular weight excluding hydrogens is 278 g/mol. The minimum absolute atomic E-state index is 0.0854. The van der Waals surface area contributed by atoms with E-state index in [-0.39, 0.29) is 11.9 Å². The summed E-state index contributed by atoms with van der Waals surface area (Å²) in [5.41, 5.74) is 7.35. The fourth-order valence-electron chi connectivity index (χ4n) is 3.53. The molecule has 3 rings (SSSR count). The van der Waals surface area contributed by atoms with Crippen molar-refractivity contribution < 1.29 is 10.3 Å². The van der Waals surface area contributed by atoms with Crippen LogP contribution in [0.3, 0.4) is 0 Å². The van der Waals surface area contributed by atoms with E-state index in [4.69, 9.17) is 22.5 Å². The first-order chi connectivity index (χ1) is 9.60. The summed E-state index contributed by atoms with van der Waals surface area (Å²) < 4.78 is 0. The molecule has 5 nitrogen and oxygen atoms in total. The van der Waals surface area contributed by atoms with E-state index in [0.29, 0.717) is 22.7 Å². The first kappa shape index (κ1) is 13.5. The second-order valence-corrected chi connectivity index (χ2v) is 6.00. The third-order valence-electron chi connectivity index (χ3n) is 4.33. The highest BCUT2D eigenvalue weighted by Crippen LogP contribution is 2.41. The van der Waals surface area contributed by atoms with Crippen LogP contribution in [0.4, 0.5) is 5.69 Å². The third kappa shape index (κ3) is 2.21. The summed E-state index contributed by atoms with van der Waals surface area (Å²) in [6.45, 7) is 0. The Morgan fingerprint density at radius 1 is 1.30 bits per heavy atom. The van der Waals surface area contributed by atoms with E-state index in [9.17, 15) is 5.11 Å². The summed E-state index contributed by atoms with van der Waals surface area (Å²) in [5.74, 6) is 0.0854. The maximum Gasteiger partial charge on any atom is 0.172 e. The Bertz CT molecular complexity index is 535. The van der Waals surface area contributed by atoms with Gasteiger partial charge in [0.15, 0.2) is 5.84 Å².